The minimum absolute atomic E-state index is 0.329. The van der Waals surface area contributed by atoms with E-state index in [1.807, 2.05) is 0 Å². The van der Waals surface area contributed by atoms with Gasteiger partial charge >= 0.3 is 0 Å². The van der Waals surface area contributed by atoms with Crippen LogP contribution in [0.2, 0.25) is 0 Å². The number of hydrogen-bond donors (Lipinski definition) is 1. The third-order valence-electron chi connectivity index (χ3n) is 4.05. The van der Waals surface area contributed by atoms with Crippen LogP contribution < -0.4 is 0 Å². The SMILES string of the molecule is CC(C)N1CC(O)(C2CCCCC2)C1. The highest BCUT2D eigenvalue weighted by Crippen LogP contribution is 2.38. The van der Waals surface area contributed by atoms with E-state index in [2.05, 4.69) is 18.7 Å². The fourth-order valence-corrected chi connectivity index (χ4v) is 2.92. The van der Waals surface area contributed by atoms with Gasteiger partial charge in [0.25, 0.3) is 0 Å². The molecule has 0 bridgehead atoms. The quantitative estimate of drug-likeness (QED) is 0.732. The summed E-state index contributed by atoms with van der Waals surface area (Å²) in [5.41, 5.74) is -0.329. The van der Waals surface area contributed by atoms with Crippen molar-refractivity contribution < 1.29 is 5.11 Å². The van der Waals surface area contributed by atoms with E-state index < -0.39 is 0 Å². The second kappa shape index (κ2) is 3.82. The Labute approximate surface area is 87.3 Å². The number of likely N-dealkylation sites (tertiary alicyclic amines) is 1. The van der Waals surface area contributed by atoms with Crippen molar-refractivity contribution in [3.8, 4) is 0 Å². The molecule has 1 aliphatic heterocycles. The van der Waals surface area contributed by atoms with Crippen molar-refractivity contribution in [2.45, 2.75) is 57.6 Å². The van der Waals surface area contributed by atoms with Gasteiger partial charge in [-0.25, -0.2) is 0 Å². The highest BCUT2D eigenvalue weighted by Gasteiger charge is 2.47. The number of hydrogen-bond acceptors (Lipinski definition) is 2. The molecule has 2 rings (SSSR count). The van der Waals surface area contributed by atoms with E-state index in [-0.39, 0.29) is 5.60 Å². The van der Waals surface area contributed by atoms with E-state index in [1.165, 1.54) is 32.1 Å². The van der Waals surface area contributed by atoms with Crippen LogP contribution in [-0.4, -0.2) is 34.7 Å². The van der Waals surface area contributed by atoms with Gasteiger partial charge in [-0.05, 0) is 32.6 Å². The zero-order valence-corrected chi connectivity index (χ0v) is 9.50. The van der Waals surface area contributed by atoms with Gasteiger partial charge in [-0.15, -0.1) is 0 Å². The number of β-amino-alcohol motifs (C(OH)–C–C–N with tert-alkyl or cyclic N) is 1. The number of rotatable bonds is 2. The molecule has 0 aromatic heterocycles. The minimum atomic E-state index is -0.329. The Bertz CT molecular complexity index is 190. The summed E-state index contributed by atoms with van der Waals surface area (Å²) in [7, 11) is 0. The van der Waals surface area contributed by atoms with Gasteiger partial charge in [-0.2, -0.15) is 0 Å². The summed E-state index contributed by atoms with van der Waals surface area (Å²) < 4.78 is 0. The fraction of sp³-hybridized carbons (Fsp3) is 1.00. The van der Waals surface area contributed by atoms with Gasteiger partial charge in [0.2, 0.25) is 0 Å². The van der Waals surface area contributed by atoms with Crippen LogP contribution in [0.25, 0.3) is 0 Å². The zero-order chi connectivity index (χ0) is 10.2. The highest BCUT2D eigenvalue weighted by molar-refractivity contribution is 5.01. The molecule has 0 aromatic rings. The summed E-state index contributed by atoms with van der Waals surface area (Å²) in [6.07, 6.45) is 6.54. The van der Waals surface area contributed by atoms with Gasteiger partial charge in [0.05, 0.1) is 5.60 Å². The van der Waals surface area contributed by atoms with Crippen molar-refractivity contribution >= 4 is 0 Å². The molecule has 2 aliphatic rings. The summed E-state index contributed by atoms with van der Waals surface area (Å²) in [5.74, 6) is 0.589. The van der Waals surface area contributed by atoms with Crippen LogP contribution in [-0.2, 0) is 0 Å². The van der Waals surface area contributed by atoms with Crippen LogP contribution in [0.15, 0.2) is 0 Å². The van der Waals surface area contributed by atoms with Crippen molar-refractivity contribution in [3.05, 3.63) is 0 Å². The first kappa shape index (κ1) is 10.4. The Hall–Kier alpha value is -0.0800. The van der Waals surface area contributed by atoms with Crippen molar-refractivity contribution in [1.82, 2.24) is 4.90 Å². The molecule has 82 valence electrons. The lowest BCUT2D eigenvalue weighted by Gasteiger charge is -2.53. The molecule has 14 heavy (non-hydrogen) atoms. The topological polar surface area (TPSA) is 23.5 Å². The van der Waals surface area contributed by atoms with E-state index in [1.54, 1.807) is 0 Å². The third kappa shape index (κ3) is 1.82. The molecule has 1 saturated carbocycles. The van der Waals surface area contributed by atoms with Crippen molar-refractivity contribution in [1.29, 1.82) is 0 Å². The molecule has 0 spiro atoms. The van der Waals surface area contributed by atoms with Crippen LogP contribution in [0.1, 0.15) is 46.0 Å². The molecule has 0 unspecified atom stereocenters. The smallest absolute Gasteiger partial charge is 0.0928 e. The van der Waals surface area contributed by atoms with Gasteiger partial charge in [0.1, 0.15) is 0 Å². The van der Waals surface area contributed by atoms with Gasteiger partial charge in [-0.3, -0.25) is 4.90 Å². The summed E-state index contributed by atoms with van der Waals surface area (Å²) in [4.78, 5) is 2.37. The molecule has 2 heteroatoms. The number of aliphatic hydroxyl groups is 1. The van der Waals surface area contributed by atoms with Gasteiger partial charge < -0.3 is 5.11 Å². The van der Waals surface area contributed by atoms with E-state index in [4.69, 9.17) is 0 Å². The van der Waals surface area contributed by atoms with Crippen LogP contribution in [0.4, 0.5) is 0 Å². The zero-order valence-electron chi connectivity index (χ0n) is 9.50. The molecule has 2 fully saturated rings. The second-order valence-corrected chi connectivity index (χ2v) is 5.44. The summed E-state index contributed by atoms with van der Waals surface area (Å²) in [5, 5.41) is 10.4. The van der Waals surface area contributed by atoms with Crippen molar-refractivity contribution in [2.24, 2.45) is 5.92 Å². The average molecular weight is 197 g/mol. The highest BCUT2D eigenvalue weighted by atomic mass is 16.3. The Kier molecular flexibility index (Phi) is 2.85. The lowest BCUT2D eigenvalue weighted by Crippen LogP contribution is -2.67. The predicted octanol–water partition coefficient (Wildman–Crippen LogP) is 2.02. The first-order valence-electron chi connectivity index (χ1n) is 6.08. The molecular weight excluding hydrogens is 174 g/mol. The normalized spacial score (nSPS) is 29.1. The van der Waals surface area contributed by atoms with Crippen molar-refractivity contribution in [2.75, 3.05) is 13.1 Å². The Morgan fingerprint density at radius 3 is 2.21 bits per heavy atom. The molecule has 0 radical (unpaired) electrons. The van der Waals surface area contributed by atoms with Gasteiger partial charge in [0, 0.05) is 19.1 Å². The predicted molar refractivity (Wildman–Crippen MR) is 58.2 cm³/mol. The molecule has 1 saturated heterocycles. The van der Waals surface area contributed by atoms with Crippen LogP contribution in [0.5, 0.6) is 0 Å². The standard InChI is InChI=1S/C12H23NO/c1-10(2)13-8-12(14,9-13)11-6-4-3-5-7-11/h10-11,14H,3-9H2,1-2H3. The van der Waals surface area contributed by atoms with Crippen LogP contribution >= 0.6 is 0 Å². The molecule has 2 nitrogen and oxygen atoms in total. The Morgan fingerprint density at radius 1 is 1.14 bits per heavy atom. The lowest BCUT2D eigenvalue weighted by atomic mass is 9.72. The number of nitrogens with zero attached hydrogens (tertiary/aromatic N) is 1. The molecular formula is C12H23NO. The Morgan fingerprint density at radius 2 is 1.71 bits per heavy atom. The molecule has 1 aliphatic carbocycles. The van der Waals surface area contributed by atoms with Crippen LogP contribution in [0.3, 0.4) is 0 Å². The molecule has 1 N–H and O–H groups in total. The van der Waals surface area contributed by atoms with Gasteiger partial charge in [-0.1, -0.05) is 19.3 Å². The van der Waals surface area contributed by atoms with Gasteiger partial charge in [0.15, 0.2) is 0 Å². The fourth-order valence-electron chi connectivity index (χ4n) is 2.92. The molecule has 1 heterocycles. The maximum atomic E-state index is 10.4. The average Bonchev–Trinajstić information content (AvgIpc) is 2.14. The van der Waals surface area contributed by atoms with Crippen molar-refractivity contribution in [3.63, 3.8) is 0 Å². The lowest BCUT2D eigenvalue weighted by molar-refractivity contribution is -0.152. The largest absolute Gasteiger partial charge is 0.387 e. The maximum Gasteiger partial charge on any atom is 0.0928 e. The minimum Gasteiger partial charge on any atom is -0.387 e. The molecule has 0 amide bonds. The first-order chi connectivity index (χ1) is 6.62. The first-order valence-corrected chi connectivity index (χ1v) is 6.08. The molecule has 0 atom stereocenters. The monoisotopic (exact) mass is 197 g/mol. The van der Waals surface area contributed by atoms with Crippen LogP contribution in [0, 0.1) is 5.92 Å². The van der Waals surface area contributed by atoms with E-state index in [0.717, 1.165) is 13.1 Å². The third-order valence-corrected chi connectivity index (χ3v) is 4.05. The summed E-state index contributed by atoms with van der Waals surface area (Å²) in [6, 6.07) is 0.596. The molecule has 0 aromatic carbocycles. The summed E-state index contributed by atoms with van der Waals surface area (Å²) in [6.45, 7) is 6.24. The van der Waals surface area contributed by atoms with E-state index in [9.17, 15) is 5.11 Å². The van der Waals surface area contributed by atoms with E-state index in [0.29, 0.717) is 12.0 Å². The summed E-state index contributed by atoms with van der Waals surface area (Å²) >= 11 is 0. The maximum absolute atomic E-state index is 10.4. The Balaban J connectivity index is 1.86. The van der Waals surface area contributed by atoms with E-state index >= 15 is 0 Å². The second-order valence-electron chi connectivity index (χ2n) is 5.44.